The molecule has 0 bridgehead atoms. The highest BCUT2D eigenvalue weighted by Crippen LogP contribution is 2.20. The molecule has 4 heteroatoms. The second-order valence-corrected chi connectivity index (χ2v) is 5.80. The van der Waals surface area contributed by atoms with Gasteiger partial charge in [-0.3, -0.25) is 0 Å². The van der Waals surface area contributed by atoms with Crippen LogP contribution in [0.15, 0.2) is 40.2 Å². The average Bonchev–Trinajstić information content (AvgIpc) is 2.73. The summed E-state index contributed by atoms with van der Waals surface area (Å²) in [6, 6.07) is 8.95. The van der Waals surface area contributed by atoms with Gasteiger partial charge in [-0.25, -0.2) is 4.39 Å². The summed E-state index contributed by atoms with van der Waals surface area (Å²) in [4.78, 5) is 1.28. The monoisotopic (exact) mass is 313 g/mol. The van der Waals surface area contributed by atoms with Gasteiger partial charge in [0.1, 0.15) is 5.82 Å². The molecule has 0 saturated carbocycles. The lowest BCUT2D eigenvalue weighted by Crippen LogP contribution is -2.17. The minimum atomic E-state index is -0.192. The molecule has 0 aliphatic carbocycles. The summed E-state index contributed by atoms with van der Waals surface area (Å²) in [7, 11) is 0. The highest BCUT2D eigenvalue weighted by atomic mass is 79.9. The first-order chi connectivity index (χ1) is 8.15. The molecule has 0 radical (unpaired) electrons. The van der Waals surface area contributed by atoms with Gasteiger partial charge >= 0.3 is 0 Å². The van der Waals surface area contributed by atoms with Gasteiger partial charge in [0.2, 0.25) is 0 Å². The van der Waals surface area contributed by atoms with E-state index in [0.717, 1.165) is 16.6 Å². The van der Waals surface area contributed by atoms with Gasteiger partial charge in [-0.1, -0.05) is 12.1 Å². The Labute approximate surface area is 113 Å². The summed E-state index contributed by atoms with van der Waals surface area (Å²) in [6.07, 6.45) is 0. The fourth-order valence-corrected chi connectivity index (χ4v) is 2.97. The molecular formula is C13H13BrFNS. The van der Waals surface area contributed by atoms with Crippen molar-refractivity contribution in [3.05, 3.63) is 56.4 Å². The van der Waals surface area contributed by atoms with Gasteiger partial charge < -0.3 is 5.32 Å². The van der Waals surface area contributed by atoms with Crippen LogP contribution in [0.1, 0.15) is 23.4 Å². The first kappa shape index (κ1) is 12.7. The predicted octanol–water partition coefficient (Wildman–Crippen LogP) is 4.50. The first-order valence-corrected chi connectivity index (χ1v) is 7.04. The van der Waals surface area contributed by atoms with Crippen molar-refractivity contribution in [3.63, 3.8) is 0 Å². The third-order valence-electron chi connectivity index (χ3n) is 2.57. The van der Waals surface area contributed by atoms with E-state index in [2.05, 4.69) is 39.6 Å². The highest BCUT2D eigenvalue weighted by Gasteiger charge is 2.05. The van der Waals surface area contributed by atoms with E-state index in [4.69, 9.17) is 0 Å². The molecule has 1 N–H and O–H groups in total. The maximum absolute atomic E-state index is 12.8. The molecule has 2 aromatic rings. The third kappa shape index (κ3) is 3.63. The van der Waals surface area contributed by atoms with Crippen molar-refractivity contribution in [1.29, 1.82) is 0 Å². The number of rotatable bonds is 4. The molecule has 1 heterocycles. The Morgan fingerprint density at radius 2 is 2.06 bits per heavy atom. The zero-order valence-corrected chi connectivity index (χ0v) is 11.8. The summed E-state index contributed by atoms with van der Waals surface area (Å²) >= 11 is 5.15. The van der Waals surface area contributed by atoms with Gasteiger partial charge in [-0.15, -0.1) is 11.3 Å². The van der Waals surface area contributed by atoms with Crippen LogP contribution in [0, 0.1) is 5.82 Å². The van der Waals surface area contributed by atoms with Crippen LogP contribution in [0.3, 0.4) is 0 Å². The van der Waals surface area contributed by atoms with E-state index in [-0.39, 0.29) is 11.9 Å². The molecule has 0 spiro atoms. The summed E-state index contributed by atoms with van der Waals surface area (Å²) < 4.78 is 13.9. The Morgan fingerprint density at radius 3 is 2.65 bits per heavy atom. The molecule has 90 valence electrons. The van der Waals surface area contributed by atoms with Crippen LogP contribution in [0.5, 0.6) is 0 Å². The van der Waals surface area contributed by atoms with Gasteiger partial charge in [-0.05, 0) is 46.6 Å². The van der Waals surface area contributed by atoms with Crippen molar-refractivity contribution in [3.8, 4) is 0 Å². The van der Waals surface area contributed by atoms with Crippen molar-refractivity contribution in [2.24, 2.45) is 0 Å². The molecule has 1 aromatic carbocycles. The minimum absolute atomic E-state index is 0.192. The van der Waals surface area contributed by atoms with E-state index in [0.29, 0.717) is 0 Å². The van der Waals surface area contributed by atoms with E-state index >= 15 is 0 Å². The van der Waals surface area contributed by atoms with E-state index in [1.807, 2.05) is 12.1 Å². The van der Waals surface area contributed by atoms with Crippen molar-refractivity contribution < 1.29 is 4.39 Å². The lowest BCUT2D eigenvalue weighted by molar-refractivity contribution is 0.575. The molecule has 2 rings (SSSR count). The standard InChI is InChI=1S/C13H13BrFNS/c1-9(10-2-4-12(15)5-3-10)16-7-13-6-11(14)8-17-13/h2-6,8-9,16H,7H2,1H3/t9-/m0/s1. The summed E-state index contributed by atoms with van der Waals surface area (Å²) in [5, 5.41) is 5.48. The molecule has 0 amide bonds. The Balaban J connectivity index is 1.93. The Kier molecular flexibility index (Phi) is 4.31. The fourth-order valence-electron chi connectivity index (χ4n) is 1.57. The normalized spacial score (nSPS) is 12.6. The van der Waals surface area contributed by atoms with Gasteiger partial charge in [0.05, 0.1) is 0 Å². The maximum Gasteiger partial charge on any atom is 0.123 e. The van der Waals surface area contributed by atoms with Crippen molar-refractivity contribution in [2.75, 3.05) is 0 Å². The highest BCUT2D eigenvalue weighted by molar-refractivity contribution is 9.10. The van der Waals surface area contributed by atoms with Crippen molar-refractivity contribution in [1.82, 2.24) is 5.32 Å². The second-order valence-electron chi connectivity index (χ2n) is 3.89. The number of hydrogen-bond donors (Lipinski definition) is 1. The van der Waals surface area contributed by atoms with Gasteiger partial charge in [0.15, 0.2) is 0 Å². The van der Waals surface area contributed by atoms with Crippen LogP contribution >= 0.6 is 27.3 Å². The molecule has 17 heavy (non-hydrogen) atoms. The Morgan fingerprint density at radius 1 is 1.35 bits per heavy atom. The molecule has 0 fully saturated rings. The first-order valence-electron chi connectivity index (χ1n) is 5.37. The van der Waals surface area contributed by atoms with Gasteiger partial charge in [-0.2, -0.15) is 0 Å². The Bertz CT molecular complexity index is 480. The van der Waals surface area contributed by atoms with E-state index < -0.39 is 0 Å². The zero-order chi connectivity index (χ0) is 12.3. The van der Waals surface area contributed by atoms with E-state index in [1.165, 1.54) is 17.0 Å². The third-order valence-corrected chi connectivity index (χ3v) is 4.27. The van der Waals surface area contributed by atoms with Crippen LogP contribution in [0.2, 0.25) is 0 Å². The summed E-state index contributed by atoms with van der Waals surface area (Å²) in [5.74, 6) is -0.192. The van der Waals surface area contributed by atoms with Crippen molar-refractivity contribution in [2.45, 2.75) is 19.5 Å². The number of halogens is 2. The smallest absolute Gasteiger partial charge is 0.123 e. The van der Waals surface area contributed by atoms with E-state index in [1.54, 1.807) is 11.3 Å². The molecule has 1 aromatic heterocycles. The maximum atomic E-state index is 12.8. The topological polar surface area (TPSA) is 12.0 Å². The van der Waals surface area contributed by atoms with Crippen molar-refractivity contribution >= 4 is 27.3 Å². The largest absolute Gasteiger partial charge is 0.305 e. The molecule has 0 unspecified atom stereocenters. The van der Waals surface area contributed by atoms with Gasteiger partial charge in [0, 0.05) is 27.3 Å². The summed E-state index contributed by atoms with van der Waals surface area (Å²) in [5.41, 5.74) is 1.10. The second kappa shape index (κ2) is 5.76. The van der Waals surface area contributed by atoms with Crippen LogP contribution in [0.25, 0.3) is 0 Å². The number of thiophene rings is 1. The Hall–Kier alpha value is -0.710. The molecule has 0 saturated heterocycles. The van der Waals surface area contributed by atoms with Gasteiger partial charge in [0.25, 0.3) is 0 Å². The molecule has 1 nitrogen and oxygen atoms in total. The minimum Gasteiger partial charge on any atom is -0.305 e. The molecular weight excluding hydrogens is 301 g/mol. The molecule has 0 aliphatic rings. The van der Waals surface area contributed by atoms with Crippen LogP contribution < -0.4 is 5.32 Å². The zero-order valence-electron chi connectivity index (χ0n) is 9.41. The lowest BCUT2D eigenvalue weighted by atomic mass is 10.1. The van der Waals surface area contributed by atoms with Crippen LogP contribution in [0.4, 0.5) is 4.39 Å². The SMILES string of the molecule is C[C@H](NCc1cc(Br)cs1)c1ccc(F)cc1. The molecule has 1 atom stereocenters. The predicted molar refractivity (Wildman–Crippen MR) is 73.7 cm³/mol. The van der Waals surface area contributed by atoms with Crippen LogP contribution in [-0.4, -0.2) is 0 Å². The average molecular weight is 314 g/mol. The fraction of sp³-hybridized carbons (Fsp3) is 0.231. The number of benzene rings is 1. The summed E-state index contributed by atoms with van der Waals surface area (Å²) in [6.45, 7) is 2.91. The van der Waals surface area contributed by atoms with Crippen LogP contribution in [-0.2, 0) is 6.54 Å². The number of nitrogens with one attached hydrogen (secondary N) is 1. The quantitative estimate of drug-likeness (QED) is 0.876. The molecule has 0 aliphatic heterocycles. The number of hydrogen-bond acceptors (Lipinski definition) is 2. The lowest BCUT2D eigenvalue weighted by Gasteiger charge is -2.13. The van der Waals surface area contributed by atoms with E-state index in [9.17, 15) is 4.39 Å².